The lowest BCUT2D eigenvalue weighted by Gasteiger charge is -2.38. The molecule has 0 aromatic heterocycles. The molecule has 0 saturated carbocycles. The highest BCUT2D eigenvalue weighted by Gasteiger charge is 2.44. The van der Waals surface area contributed by atoms with E-state index in [9.17, 15) is 20.1 Å². The number of aliphatic hydroxyl groups excluding tert-OH is 4. The van der Waals surface area contributed by atoms with E-state index in [-0.39, 0.29) is 0 Å². The number of carbonyl (C=O) groups excluding carboxylic acids is 1. The molecule has 1 aliphatic rings. The predicted octanol–water partition coefficient (Wildman–Crippen LogP) is -2.65. The summed E-state index contributed by atoms with van der Waals surface area (Å²) in [4.78, 5) is 10.6. The van der Waals surface area contributed by atoms with Crippen LogP contribution in [-0.4, -0.2) is 63.7 Å². The molecule has 7 nitrogen and oxygen atoms in total. The first-order valence-corrected chi connectivity index (χ1v) is 4.45. The van der Waals surface area contributed by atoms with Crippen LogP contribution >= 0.6 is 0 Å². The van der Waals surface area contributed by atoms with E-state index < -0.39 is 43.3 Å². The van der Waals surface area contributed by atoms with Crippen molar-refractivity contribution in [2.75, 3.05) is 6.61 Å². The summed E-state index contributed by atoms with van der Waals surface area (Å²) in [5.74, 6) is -0.695. The van der Waals surface area contributed by atoms with Crippen LogP contribution in [0, 0.1) is 0 Å². The molecule has 0 aromatic carbocycles. The zero-order chi connectivity index (χ0) is 11.6. The Morgan fingerprint density at radius 3 is 2.33 bits per heavy atom. The third kappa shape index (κ3) is 2.64. The van der Waals surface area contributed by atoms with Crippen LogP contribution in [0.3, 0.4) is 0 Å². The van der Waals surface area contributed by atoms with Gasteiger partial charge in [0.1, 0.15) is 24.4 Å². The van der Waals surface area contributed by atoms with Gasteiger partial charge in [0.05, 0.1) is 6.61 Å². The Morgan fingerprint density at radius 1 is 1.27 bits per heavy atom. The molecule has 4 N–H and O–H groups in total. The van der Waals surface area contributed by atoms with Gasteiger partial charge in [-0.1, -0.05) is 0 Å². The normalized spacial score (nSPS) is 41.3. The summed E-state index contributed by atoms with van der Waals surface area (Å²) in [6.45, 7) is 0.560. The van der Waals surface area contributed by atoms with Crippen molar-refractivity contribution in [3.63, 3.8) is 0 Å². The van der Waals surface area contributed by atoms with Crippen LogP contribution in [0.25, 0.3) is 0 Å². The van der Waals surface area contributed by atoms with Gasteiger partial charge in [0.25, 0.3) is 0 Å². The highest BCUT2D eigenvalue weighted by atomic mass is 16.7. The quantitative estimate of drug-likeness (QED) is 0.377. The zero-order valence-corrected chi connectivity index (χ0v) is 8.11. The molecule has 0 unspecified atom stereocenters. The molecule has 0 bridgehead atoms. The largest absolute Gasteiger partial charge is 0.433 e. The van der Waals surface area contributed by atoms with Crippen molar-refractivity contribution in [3.05, 3.63) is 0 Å². The Labute approximate surface area is 85.9 Å². The van der Waals surface area contributed by atoms with Crippen LogP contribution in [0.2, 0.25) is 0 Å². The lowest BCUT2D eigenvalue weighted by atomic mass is 9.99. The van der Waals surface area contributed by atoms with Gasteiger partial charge in [-0.25, -0.2) is 0 Å². The minimum absolute atomic E-state index is 0.553. The number of hydrogen-bond donors (Lipinski definition) is 4. The highest BCUT2D eigenvalue weighted by Crippen LogP contribution is 2.21. The first-order chi connectivity index (χ1) is 6.97. The molecule has 88 valence electrons. The molecule has 7 heteroatoms. The second kappa shape index (κ2) is 4.86. The monoisotopic (exact) mass is 222 g/mol. The fourth-order valence-corrected chi connectivity index (χ4v) is 1.33. The van der Waals surface area contributed by atoms with Gasteiger partial charge in [-0.15, -0.1) is 0 Å². The molecule has 5 atom stereocenters. The van der Waals surface area contributed by atoms with Gasteiger partial charge in [-0.05, 0) is 0 Å². The van der Waals surface area contributed by atoms with Crippen LogP contribution < -0.4 is 0 Å². The Kier molecular flexibility index (Phi) is 4.00. The second-order valence-corrected chi connectivity index (χ2v) is 3.31. The first kappa shape index (κ1) is 12.3. The number of aliphatic hydroxyl groups is 4. The molecule has 0 radical (unpaired) electrons. The lowest BCUT2D eigenvalue weighted by Crippen LogP contribution is -2.59. The van der Waals surface area contributed by atoms with Crippen molar-refractivity contribution < 1.29 is 34.7 Å². The zero-order valence-electron chi connectivity index (χ0n) is 8.11. The standard InChI is InChI=1S/C8H14O7/c1-3(10)14-8-7(13)6(12)5(11)4(2-9)15-8/h4-9,11-13H,2H2,1H3/t4-,5-,6+,7-,8+/m1/s1. The topological polar surface area (TPSA) is 116 Å². The summed E-state index contributed by atoms with van der Waals surface area (Å²) in [7, 11) is 0. The minimum Gasteiger partial charge on any atom is -0.433 e. The van der Waals surface area contributed by atoms with Gasteiger partial charge in [0, 0.05) is 6.92 Å². The summed E-state index contributed by atoms with van der Waals surface area (Å²) in [5, 5.41) is 36.8. The van der Waals surface area contributed by atoms with Gasteiger partial charge in [-0.2, -0.15) is 0 Å². The molecule has 1 fully saturated rings. The van der Waals surface area contributed by atoms with Crippen LogP contribution in [0.5, 0.6) is 0 Å². The molecular formula is C8H14O7. The van der Waals surface area contributed by atoms with E-state index in [2.05, 4.69) is 4.74 Å². The van der Waals surface area contributed by atoms with E-state index in [4.69, 9.17) is 9.84 Å². The fourth-order valence-electron chi connectivity index (χ4n) is 1.33. The fraction of sp³-hybridized carbons (Fsp3) is 0.875. The van der Waals surface area contributed by atoms with Crippen molar-refractivity contribution in [2.24, 2.45) is 0 Å². The Bertz CT molecular complexity index is 229. The summed E-state index contributed by atoms with van der Waals surface area (Å²) in [6.07, 6.45) is -6.95. The molecule has 1 rings (SSSR count). The number of carbonyl (C=O) groups is 1. The molecular weight excluding hydrogens is 208 g/mol. The van der Waals surface area contributed by atoms with E-state index in [1.54, 1.807) is 0 Å². The van der Waals surface area contributed by atoms with Crippen molar-refractivity contribution >= 4 is 5.97 Å². The number of hydrogen-bond acceptors (Lipinski definition) is 7. The number of ether oxygens (including phenoxy) is 2. The van der Waals surface area contributed by atoms with Crippen LogP contribution in [0.1, 0.15) is 6.92 Å². The third-order valence-electron chi connectivity index (χ3n) is 2.13. The smallest absolute Gasteiger partial charge is 0.305 e. The molecule has 0 amide bonds. The highest BCUT2D eigenvalue weighted by molar-refractivity contribution is 5.66. The average Bonchev–Trinajstić information content (AvgIpc) is 2.18. The van der Waals surface area contributed by atoms with E-state index in [0.29, 0.717) is 0 Å². The number of esters is 1. The molecule has 1 saturated heterocycles. The maximum absolute atomic E-state index is 10.6. The van der Waals surface area contributed by atoms with Crippen molar-refractivity contribution in [2.45, 2.75) is 37.6 Å². The maximum atomic E-state index is 10.6. The first-order valence-electron chi connectivity index (χ1n) is 4.45. The average molecular weight is 222 g/mol. The Hall–Kier alpha value is -0.730. The summed E-state index contributed by atoms with van der Waals surface area (Å²) in [5.41, 5.74) is 0. The van der Waals surface area contributed by atoms with E-state index in [1.165, 1.54) is 0 Å². The van der Waals surface area contributed by atoms with Crippen LogP contribution in [0.4, 0.5) is 0 Å². The van der Waals surface area contributed by atoms with Crippen LogP contribution in [-0.2, 0) is 14.3 Å². The van der Waals surface area contributed by atoms with Gasteiger partial charge < -0.3 is 29.9 Å². The SMILES string of the molecule is CC(=O)O[C@H]1O[C@H](CO)[C@@H](O)[C@H](O)[C@H]1O. The molecule has 1 heterocycles. The van der Waals surface area contributed by atoms with E-state index in [1.807, 2.05) is 0 Å². The molecule has 0 aromatic rings. The van der Waals surface area contributed by atoms with Gasteiger partial charge >= 0.3 is 5.97 Å². The van der Waals surface area contributed by atoms with Crippen molar-refractivity contribution in [3.8, 4) is 0 Å². The maximum Gasteiger partial charge on any atom is 0.305 e. The molecule has 15 heavy (non-hydrogen) atoms. The predicted molar refractivity (Wildman–Crippen MR) is 45.5 cm³/mol. The minimum atomic E-state index is -1.54. The second-order valence-electron chi connectivity index (χ2n) is 3.31. The molecule has 0 spiro atoms. The van der Waals surface area contributed by atoms with Gasteiger partial charge in [-0.3, -0.25) is 4.79 Å². The third-order valence-corrected chi connectivity index (χ3v) is 2.13. The van der Waals surface area contributed by atoms with E-state index >= 15 is 0 Å². The molecule has 1 aliphatic heterocycles. The number of rotatable bonds is 2. The Balaban J connectivity index is 2.69. The van der Waals surface area contributed by atoms with E-state index in [0.717, 1.165) is 6.92 Å². The van der Waals surface area contributed by atoms with Crippen molar-refractivity contribution in [1.82, 2.24) is 0 Å². The molecule has 0 aliphatic carbocycles. The summed E-state index contributed by atoms with van der Waals surface area (Å²) >= 11 is 0. The van der Waals surface area contributed by atoms with Gasteiger partial charge in [0.15, 0.2) is 0 Å². The lowest BCUT2D eigenvalue weighted by molar-refractivity contribution is -0.292. The summed E-state index contributed by atoms with van der Waals surface area (Å²) in [6, 6.07) is 0. The van der Waals surface area contributed by atoms with Crippen LogP contribution in [0.15, 0.2) is 0 Å². The Morgan fingerprint density at radius 2 is 1.87 bits per heavy atom. The summed E-state index contributed by atoms with van der Waals surface area (Å²) < 4.78 is 9.45. The van der Waals surface area contributed by atoms with Gasteiger partial charge in [0.2, 0.25) is 6.29 Å². The van der Waals surface area contributed by atoms with Crippen molar-refractivity contribution in [1.29, 1.82) is 0 Å².